The number of rotatable bonds is 5. The number of hydrogen-bond donors (Lipinski definition) is 1. The van der Waals surface area contributed by atoms with E-state index in [0.717, 1.165) is 11.4 Å². The monoisotopic (exact) mass is 253 g/mol. The van der Waals surface area contributed by atoms with Crippen molar-refractivity contribution in [3.8, 4) is 0 Å². The van der Waals surface area contributed by atoms with Crippen LogP contribution in [0, 0.1) is 13.8 Å². The highest BCUT2D eigenvalue weighted by Crippen LogP contribution is 2.07. The molecule has 0 aliphatic heterocycles. The van der Waals surface area contributed by atoms with Crippen LogP contribution in [-0.4, -0.2) is 44.4 Å². The Labute approximate surface area is 108 Å². The molecule has 0 atom stereocenters. The minimum absolute atomic E-state index is 0.0224. The molecule has 0 aliphatic carbocycles. The molecule has 0 saturated carbocycles. The molecule has 0 radical (unpaired) electrons. The fourth-order valence-electron chi connectivity index (χ4n) is 1.91. The van der Waals surface area contributed by atoms with Crippen LogP contribution in [0.1, 0.15) is 32.2 Å². The first-order valence-corrected chi connectivity index (χ1v) is 6.24. The van der Waals surface area contributed by atoms with Crippen LogP contribution in [0.3, 0.4) is 0 Å². The topological polar surface area (TPSA) is 58.4 Å². The van der Waals surface area contributed by atoms with E-state index < -0.39 is 5.60 Å². The van der Waals surface area contributed by atoms with Gasteiger partial charge in [-0.25, -0.2) is 0 Å². The minimum atomic E-state index is -0.874. The molecule has 0 aliphatic rings. The summed E-state index contributed by atoms with van der Waals surface area (Å²) >= 11 is 0. The summed E-state index contributed by atoms with van der Waals surface area (Å²) in [7, 11) is 0. The molecule has 5 heteroatoms. The highest BCUT2D eigenvalue weighted by molar-refractivity contribution is 5.76. The Morgan fingerprint density at radius 3 is 2.50 bits per heavy atom. The number of carbonyl (C=O) groups is 1. The summed E-state index contributed by atoms with van der Waals surface area (Å²) in [5, 5.41) is 14.0. The number of amides is 1. The van der Waals surface area contributed by atoms with E-state index in [9.17, 15) is 9.90 Å². The molecular weight excluding hydrogens is 230 g/mol. The van der Waals surface area contributed by atoms with E-state index in [1.165, 1.54) is 0 Å². The Morgan fingerprint density at radius 2 is 2.11 bits per heavy atom. The van der Waals surface area contributed by atoms with Gasteiger partial charge in [-0.05, 0) is 40.7 Å². The Morgan fingerprint density at radius 1 is 1.50 bits per heavy atom. The minimum Gasteiger partial charge on any atom is -0.389 e. The predicted octanol–water partition coefficient (Wildman–Crippen LogP) is 1.12. The molecule has 1 heterocycles. The summed E-state index contributed by atoms with van der Waals surface area (Å²) in [6.45, 7) is 10.3. The van der Waals surface area contributed by atoms with Gasteiger partial charge in [-0.3, -0.25) is 9.48 Å². The zero-order chi connectivity index (χ0) is 13.9. The molecule has 1 aromatic rings. The van der Waals surface area contributed by atoms with E-state index in [4.69, 9.17) is 0 Å². The highest BCUT2D eigenvalue weighted by Gasteiger charge is 2.21. The second-order valence-electron chi connectivity index (χ2n) is 5.31. The Bertz CT molecular complexity index is 418. The first kappa shape index (κ1) is 14.7. The SMILES string of the molecule is CCN(CC(C)(C)O)C(=O)Cn1nc(C)cc1C. The van der Waals surface area contributed by atoms with Crippen molar-refractivity contribution in [2.24, 2.45) is 0 Å². The summed E-state index contributed by atoms with van der Waals surface area (Å²) < 4.78 is 1.70. The predicted molar refractivity (Wildman–Crippen MR) is 70.3 cm³/mol. The second kappa shape index (κ2) is 5.52. The van der Waals surface area contributed by atoms with E-state index in [0.29, 0.717) is 13.1 Å². The molecule has 1 amide bonds. The number of nitrogens with zero attached hydrogens (tertiary/aromatic N) is 3. The lowest BCUT2D eigenvalue weighted by atomic mass is 10.1. The van der Waals surface area contributed by atoms with Crippen molar-refractivity contribution in [3.63, 3.8) is 0 Å². The van der Waals surface area contributed by atoms with Crippen molar-refractivity contribution in [1.29, 1.82) is 0 Å². The molecule has 18 heavy (non-hydrogen) atoms. The number of likely N-dealkylation sites (N-methyl/N-ethyl adjacent to an activating group) is 1. The number of aliphatic hydroxyl groups is 1. The normalized spacial score (nSPS) is 11.7. The molecule has 5 nitrogen and oxygen atoms in total. The molecule has 1 aromatic heterocycles. The van der Waals surface area contributed by atoms with Gasteiger partial charge in [-0.1, -0.05) is 0 Å². The maximum absolute atomic E-state index is 12.1. The summed E-state index contributed by atoms with van der Waals surface area (Å²) in [6, 6.07) is 1.94. The van der Waals surface area contributed by atoms with Crippen molar-refractivity contribution in [3.05, 3.63) is 17.5 Å². The summed E-state index contributed by atoms with van der Waals surface area (Å²) in [4.78, 5) is 13.8. The van der Waals surface area contributed by atoms with Gasteiger partial charge in [0.15, 0.2) is 0 Å². The Hall–Kier alpha value is -1.36. The molecule has 0 spiro atoms. The fourth-order valence-corrected chi connectivity index (χ4v) is 1.91. The maximum Gasteiger partial charge on any atom is 0.244 e. The van der Waals surface area contributed by atoms with Gasteiger partial charge in [-0.2, -0.15) is 5.10 Å². The third kappa shape index (κ3) is 4.14. The van der Waals surface area contributed by atoms with Crippen LogP contribution in [0.25, 0.3) is 0 Å². The van der Waals surface area contributed by atoms with Gasteiger partial charge in [0.25, 0.3) is 0 Å². The largest absolute Gasteiger partial charge is 0.389 e. The molecule has 102 valence electrons. The van der Waals surface area contributed by atoms with Crippen LogP contribution < -0.4 is 0 Å². The summed E-state index contributed by atoms with van der Waals surface area (Å²) in [5.74, 6) is -0.0224. The zero-order valence-corrected chi connectivity index (χ0v) is 11.9. The zero-order valence-electron chi connectivity index (χ0n) is 11.9. The number of carbonyl (C=O) groups excluding carboxylic acids is 1. The van der Waals surface area contributed by atoms with Crippen molar-refractivity contribution >= 4 is 5.91 Å². The lowest BCUT2D eigenvalue weighted by Gasteiger charge is -2.28. The van der Waals surface area contributed by atoms with Gasteiger partial charge in [0, 0.05) is 18.8 Å². The molecule has 1 rings (SSSR count). The first-order chi connectivity index (χ1) is 8.23. The van der Waals surface area contributed by atoms with Crippen LogP contribution in [0.15, 0.2) is 6.07 Å². The standard InChI is InChI=1S/C13H23N3O2/c1-6-15(9-13(4,5)18)12(17)8-16-11(3)7-10(2)14-16/h7,18H,6,8-9H2,1-5H3. The molecule has 0 fully saturated rings. The van der Waals surface area contributed by atoms with Crippen LogP contribution >= 0.6 is 0 Å². The quantitative estimate of drug-likeness (QED) is 0.855. The van der Waals surface area contributed by atoms with Crippen molar-refractivity contribution in [2.45, 2.75) is 46.8 Å². The first-order valence-electron chi connectivity index (χ1n) is 6.24. The van der Waals surface area contributed by atoms with Gasteiger partial charge in [0.2, 0.25) is 5.91 Å². The highest BCUT2D eigenvalue weighted by atomic mass is 16.3. The van der Waals surface area contributed by atoms with Gasteiger partial charge < -0.3 is 10.0 Å². The summed E-state index contributed by atoms with van der Waals surface area (Å²) in [6.07, 6.45) is 0. The van der Waals surface area contributed by atoms with E-state index in [1.54, 1.807) is 23.4 Å². The van der Waals surface area contributed by atoms with Crippen molar-refractivity contribution in [2.75, 3.05) is 13.1 Å². The van der Waals surface area contributed by atoms with Crippen LogP contribution in [0.5, 0.6) is 0 Å². The molecule has 0 saturated heterocycles. The second-order valence-corrected chi connectivity index (χ2v) is 5.31. The van der Waals surface area contributed by atoms with Gasteiger partial charge >= 0.3 is 0 Å². The maximum atomic E-state index is 12.1. The third-order valence-corrected chi connectivity index (χ3v) is 2.70. The molecule has 0 unspecified atom stereocenters. The van der Waals surface area contributed by atoms with Crippen molar-refractivity contribution in [1.82, 2.24) is 14.7 Å². The van der Waals surface area contributed by atoms with Crippen LogP contribution in [-0.2, 0) is 11.3 Å². The smallest absolute Gasteiger partial charge is 0.244 e. The van der Waals surface area contributed by atoms with E-state index >= 15 is 0 Å². The lowest BCUT2D eigenvalue weighted by molar-refractivity contribution is -0.134. The Balaban J connectivity index is 2.71. The summed E-state index contributed by atoms with van der Waals surface area (Å²) in [5.41, 5.74) is 1.01. The van der Waals surface area contributed by atoms with Crippen LogP contribution in [0.2, 0.25) is 0 Å². The van der Waals surface area contributed by atoms with Gasteiger partial charge in [-0.15, -0.1) is 0 Å². The Kier molecular flexibility index (Phi) is 4.51. The van der Waals surface area contributed by atoms with E-state index in [2.05, 4.69) is 5.10 Å². The molecule has 0 aromatic carbocycles. The average molecular weight is 253 g/mol. The number of hydrogen-bond acceptors (Lipinski definition) is 3. The third-order valence-electron chi connectivity index (χ3n) is 2.70. The number of aromatic nitrogens is 2. The van der Waals surface area contributed by atoms with E-state index in [-0.39, 0.29) is 12.5 Å². The van der Waals surface area contributed by atoms with Crippen molar-refractivity contribution < 1.29 is 9.90 Å². The van der Waals surface area contributed by atoms with Crippen LogP contribution in [0.4, 0.5) is 0 Å². The molecule has 0 bridgehead atoms. The van der Waals surface area contributed by atoms with Gasteiger partial charge in [0.05, 0.1) is 11.3 Å². The lowest BCUT2D eigenvalue weighted by Crippen LogP contribution is -2.43. The molecular formula is C13H23N3O2. The van der Waals surface area contributed by atoms with Gasteiger partial charge in [0.1, 0.15) is 6.54 Å². The van der Waals surface area contributed by atoms with E-state index in [1.807, 2.05) is 26.8 Å². The molecule has 1 N–H and O–H groups in total. The fraction of sp³-hybridized carbons (Fsp3) is 0.692. The average Bonchev–Trinajstić information content (AvgIpc) is 2.52. The number of aryl methyl sites for hydroxylation is 2.